The molecule has 0 radical (unpaired) electrons. The molecule has 0 aliphatic heterocycles. The zero-order valence-electron chi connectivity index (χ0n) is 9.51. The number of fused-ring (bicyclic) bond motifs is 1. The van der Waals surface area contributed by atoms with Crippen molar-refractivity contribution in [3.05, 3.63) is 54.6 Å². The molecule has 2 heteroatoms. The second kappa shape index (κ2) is 4.22. The Kier molecular flexibility index (Phi) is 2.57. The van der Waals surface area contributed by atoms with Crippen LogP contribution in [0.4, 0.5) is 0 Å². The third-order valence-electron chi connectivity index (χ3n) is 2.78. The average molecular weight is 240 g/mol. The van der Waals surface area contributed by atoms with Crippen molar-refractivity contribution in [3.63, 3.8) is 0 Å². The van der Waals surface area contributed by atoms with Gasteiger partial charge in [0.2, 0.25) is 0 Å². The molecule has 84 valence electrons. The third-order valence-corrected chi connectivity index (χ3v) is 3.94. The summed E-state index contributed by atoms with van der Waals surface area (Å²) in [6.45, 7) is 0. The zero-order valence-corrected chi connectivity index (χ0v) is 10.3. The molecule has 0 spiro atoms. The van der Waals surface area contributed by atoms with Gasteiger partial charge in [0.1, 0.15) is 5.75 Å². The molecular weight excluding hydrogens is 228 g/mol. The molecule has 3 aromatic rings. The van der Waals surface area contributed by atoms with E-state index in [-0.39, 0.29) is 0 Å². The normalized spacial score (nSPS) is 10.6. The number of rotatable bonds is 2. The van der Waals surface area contributed by atoms with E-state index in [4.69, 9.17) is 4.74 Å². The molecule has 1 aromatic heterocycles. The Labute approximate surface area is 104 Å². The van der Waals surface area contributed by atoms with Crippen molar-refractivity contribution in [2.24, 2.45) is 0 Å². The molecule has 0 aliphatic rings. The number of hydrogen-bond acceptors (Lipinski definition) is 2. The van der Waals surface area contributed by atoms with Crippen LogP contribution < -0.4 is 4.74 Å². The molecule has 0 N–H and O–H groups in total. The lowest BCUT2D eigenvalue weighted by Crippen LogP contribution is -1.81. The maximum absolute atomic E-state index is 5.26. The highest BCUT2D eigenvalue weighted by Crippen LogP contribution is 2.34. The molecule has 0 atom stereocenters. The Balaban J connectivity index is 2.13. The van der Waals surface area contributed by atoms with Crippen LogP contribution in [-0.2, 0) is 0 Å². The number of hydrogen-bond donors (Lipinski definition) is 0. The minimum absolute atomic E-state index is 0.903. The van der Waals surface area contributed by atoms with Crippen LogP contribution in [0.1, 0.15) is 0 Å². The largest absolute Gasteiger partial charge is 0.497 e. The minimum Gasteiger partial charge on any atom is -0.497 e. The van der Waals surface area contributed by atoms with E-state index in [1.807, 2.05) is 23.5 Å². The van der Waals surface area contributed by atoms with Crippen LogP contribution in [0.5, 0.6) is 5.75 Å². The Morgan fingerprint density at radius 1 is 0.941 bits per heavy atom. The summed E-state index contributed by atoms with van der Waals surface area (Å²) in [5.41, 5.74) is 1.21. The van der Waals surface area contributed by atoms with Crippen LogP contribution in [0.2, 0.25) is 0 Å². The van der Waals surface area contributed by atoms with E-state index >= 15 is 0 Å². The summed E-state index contributed by atoms with van der Waals surface area (Å²) >= 11 is 1.81. The molecule has 0 amide bonds. The predicted molar refractivity (Wildman–Crippen MR) is 73.8 cm³/mol. The summed E-state index contributed by atoms with van der Waals surface area (Å²) < 4.78 is 6.58. The van der Waals surface area contributed by atoms with Crippen molar-refractivity contribution in [3.8, 4) is 16.2 Å². The number of benzene rings is 2. The molecule has 1 heterocycles. The van der Waals surface area contributed by atoms with Crippen LogP contribution in [0.3, 0.4) is 0 Å². The number of ether oxygens (including phenoxy) is 1. The summed E-state index contributed by atoms with van der Waals surface area (Å²) in [6, 6.07) is 18.9. The summed E-state index contributed by atoms with van der Waals surface area (Å²) in [6.07, 6.45) is 0. The van der Waals surface area contributed by atoms with E-state index in [9.17, 15) is 0 Å². The molecule has 0 saturated carbocycles. The molecule has 0 bridgehead atoms. The van der Waals surface area contributed by atoms with Crippen LogP contribution >= 0.6 is 11.3 Å². The second-order valence-electron chi connectivity index (χ2n) is 3.88. The quantitative estimate of drug-likeness (QED) is 0.637. The van der Waals surface area contributed by atoms with Crippen LogP contribution in [-0.4, -0.2) is 7.11 Å². The summed E-state index contributed by atoms with van der Waals surface area (Å²) in [5.74, 6) is 0.903. The van der Waals surface area contributed by atoms with E-state index in [2.05, 4.69) is 42.5 Å². The lowest BCUT2D eigenvalue weighted by atomic mass is 10.1. The first-order valence-corrected chi connectivity index (χ1v) is 6.31. The van der Waals surface area contributed by atoms with Gasteiger partial charge in [0.05, 0.1) is 7.11 Å². The average Bonchev–Trinajstić information content (AvgIpc) is 2.82. The van der Waals surface area contributed by atoms with E-state index in [0.717, 1.165) is 5.75 Å². The van der Waals surface area contributed by atoms with Gasteiger partial charge in [0.25, 0.3) is 0 Å². The van der Waals surface area contributed by atoms with E-state index in [1.54, 1.807) is 7.11 Å². The van der Waals surface area contributed by atoms with Gasteiger partial charge in [0, 0.05) is 9.58 Å². The highest BCUT2D eigenvalue weighted by Gasteiger charge is 2.04. The van der Waals surface area contributed by atoms with Crippen molar-refractivity contribution in [1.29, 1.82) is 0 Å². The molecule has 0 fully saturated rings. The van der Waals surface area contributed by atoms with Gasteiger partial charge in [-0.2, -0.15) is 0 Å². The third kappa shape index (κ3) is 1.92. The Morgan fingerprint density at radius 3 is 2.65 bits per heavy atom. The molecule has 0 saturated heterocycles. The van der Waals surface area contributed by atoms with E-state index in [0.29, 0.717) is 0 Å². The van der Waals surface area contributed by atoms with E-state index in [1.165, 1.54) is 20.5 Å². The maximum Gasteiger partial charge on any atom is 0.119 e. The van der Waals surface area contributed by atoms with Gasteiger partial charge in [-0.05, 0) is 35.2 Å². The molecule has 3 rings (SSSR count). The maximum atomic E-state index is 5.26. The first-order valence-electron chi connectivity index (χ1n) is 5.50. The summed E-state index contributed by atoms with van der Waals surface area (Å²) in [4.78, 5) is 1.28. The van der Waals surface area contributed by atoms with Crippen molar-refractivity contribution in [2.45, 2.75) is 0 Å². The van der Waals surface area contributed by atoms with E-state index < -0.39 is 0 Å². The van der Waals surface area contributed by atoms with Crippen LogP contribution in [0.15, 0.2) is 54.6 Å². The minimum atomic E-state index is 0.903. The van der Waals surface area contributed by atoms with Gasteiger partial charge in [-0.15, -0.1) is 11.3 Å². The molecule has 0 aliphatic carbocycles. The smallest absolute Gasteiger partial charge is 0.119 e. The fourth-order valence-corrected chi connectivity index (χ4v) is 2.96. The Bertz CT molecular complexity index is 622. The monoisotopic (exact) mass is 240 g/mol. The Hall–Kier alpha value is -1.80. The van der Waals surface area contributed by atoms with Gasteiger partial charge in [-0.3, -0.25) is 0 Å². The lowest BCUT2D eigenvalue weighted by molar-refractivity contribution is 0.415. The SMILES string of the molecule is COc1cccc(-c2cc3ccccc3s2)c1. The lowest BCUT2D eigenvalue weighted by Gasteiger charge is -2.01. The standard InChI is InChI=1S/C15H12OS/c1-16-13-7-4-6-11(9-13)15-10-12-5-2-3-8-14(12)17-15/h2-10H,1H3. The van der Waals surface area contributed by atoms with Crippen LogP contribution in [0, 0.1) is 0 Å². The van der Waals surface area contributed by atoms with Gasteiger partial charge in [0.15, 0.2) is 0 Å². The van der Waals surface area contributed by atoms with Crippen molar-refractivity contribution >= 4 is 21.4 Å². The molecule has 0 unspecified atom stereocenters. The van der Waals surface area contributed by atoms with Crippen molar-refractivity contribution < 1.29 is 4.74 Å². The highest BCUT2D eigenvalue weighted by molar-refractivity contribution is 7.22. The van der Waals surface area contributed by atoms with Crippen LogP contribution in [0.25, 0.3) is 20.5 Å². The predicted octanol–water partition coefficient (Wildman–Crippen LogP) is 4.58. The van der Waals surface area contributed by atoms with Gasteiger partial charge < -0.3 is 4.74 Å². The molecule has 17 heavy (non-hydrogen) atoms. The molecule has 2 aromatic carbocycles. The second-order valence-corrected chi connectivity index (χ2v) is 4.96. The van der Waals surface area contributed by atoms with Crippen molar-refractivity contribution in [1.82, 2.24) is 0 Å². The first-order chi connectivity index (χ1) is 8.36. The van der Waals surface area contributed by atoms with Gasteiger partial charge in [-0.25, -0.2) is 0 Å². The highest BCUT2D eigenvalue weighted by atomic mass is 32.1. The van der Waals surface area contributed by atoms with Gasteiger partial charge in [-0.1, -0.05) is 30.3 Å². The summed E-state index contributed by atoms with van der Waals surface area (Å²) in [7, 11) is 1.70. The van der Waals surface area contributed by atoms with Gasteiger partial charge >= 0.3 is 0 Å². The van der Waals surface area contributed by atoms with Crippen molar-refractivity contribution in [2.75, 3.05) is 7.11 Å². The number of thiophene rings is 1. The zero-order chi connectivity index (χ0) is 11.7. The fourth-order valence-electron chi connectivity index (χ4n) is 1.90. The first kappa shape index (κ1) is 10.4. The fraction of sp³-hybridized carbons (Fsp3) is 0.0667. The molecule has 1 nitrogen and oxygen atoms in total. The number of methoxy groups -OCH3 is 1. The molecular formula is C15H12OS. The topological polar surface area (TPSA) is 9.23 Å². The Morgan fingerprint density at radius 2 is 1.82 bits per heavy atom. The summed E-state index contributed by atoms with van der Waals surface area (Å²) in [5, 5.41) is 1.30.